The van der Waals surface area contributed by atoms with E-state index in [2.05, 4.69) is 26.8 Å². The number of halogens is 1. The summed E-state index contributed by atoms with van der Waals surface area (Å²) in [5, 5.41) is 18.2. The third kappa shape index (κ3) is 3.13. The Bertz CT molecular complexity index is 876. The van der Waals surface area contributed by atoms with Crippen LogP contribution in [0.3, 0.4) is 0 Å². The average molecular weight is 353 g/mol. The lowest BCUT2D eigenvalue weighted by Gasteiger charge is -2.29. The van der Waals surface area contributed by atoms with Crippen LogP contribution in [0.25, 0.3) is 0 Å². The molecule has 8 heteroatoms. The molecule has 0 aliphatic carbocycles. The van der Waals surface area contributed by atoms with Crippen LogP contribution < -0.4 is 32.5 Å². The molecule has 8 N–H and O–H groups in total. The fraction of sp³-hybridized carbons (Fsp3) is 0.167. The van der Waals surface area contributed by atoms with E-state index in [9.17, 15) is 4.39 Å². The molecular formula is C18H20FN7. The number of anilines is 2. The molecule has 0 spiro atoms. The van der Waals surface area contributed by atoms with E-state index >= 15 is 0 Å². The normalized spacial score (nSPS) is 18.8. The number of hydrogen-bond acceptors (Lipinski definition) is 7. The number of hydrogen-bond donors (Lipinski definition) is 7. The van der Waals surface area contributed by atoms with E-state index in [1.54, 1.807) is 12.1 Å². The second kappa shape index (κ2) is 6.75. The summed E-state index contributed by atoms with van der Waals surface area (Å²) in [5.74, 6) is 0.336. The number of rotatable bonds is 4. The zero-order valence-corrected chi connectivity index (χ0v) is 14.0. The van der Waals surface area contributed by atoms with Gasteiger partial charge in [0.2, 0.25) is 0 Å². The first-order valence-corrected chi connectivity index (χ1v) is 8.32. The predicted molar refractivity (Wildman–Crippen MR) is 99.9 cm³/mol. The molecule has 0 fully saturated rings. The number of nitrogens with one attached hydrogen (secondary N) is 6. The summed E-state index contributed by atoms with van der Waals surface area (Å²) in [5.41, 5.74) is 16.9. The van der Waals surface area contributed by atoms with Crippen molar-refractivity contribution < 1.29 is 4.39 Å². The smallest absolute Gasteiger partial charge is 0.123 e. The van der Waals surface area contributed by atoms with Crippen molar-refractivity contribution in [3.63, 3.8) is 0 Å². The molecule has 26 heavy (non-hydrogen) atoms. The second-order valence-corrected chi connectivity index (χ2v) is 6.18. The Kier molecular flexibility index (Phi) is 4.29. The van der Waals surface area contributed by atoms with Gasteiger partial charge in [-0.15, -0.1) is 0 Å². The Morgan fingerprint density at radius 3 is 2.81 bits per heavy atom. The van der Waals surface area contributed by atoms with Crippen molar-refractivity contribution in [3.8, 4) is 0 Å². The fourth-order valence-corrected chi connectivity index (χ4v) is 3.08. The lowest BCUT2D eigenvalue weighted by atomic mass is 9.99. The highest BCUT2D eigenvalue weighted by atomic mass is 19.1. The third-order valence-electron chi connectivity index (χ3n) is 4.45. The maximum atomic E-state index is 13.2. The van der Waals surface area contributed by atoms with Crippen LogP contribution in [0, 0.1) is 11.2 Å². The molecule has 0 amide bonds. The van der Waals surface area contributed by atoms with E-state index in [1.807, 2.05) is 18.2 Å². The monoisotopic (exact) mass is 353 g/mol. The fourth-order valence-electron chi connectivity index (χ4n) is 3.08. The van der Waals surface area contributed by atoms with Gasteiger partial charge in [-0.3, -0.25) is 10.7 Å². The minimum atomic E-state index is -0.505. The van der Waals surface area contributed by atoms with Gasteiger partial charge in [-0.25, -0.2) is 9.82 Å². The van der Waals surface area contributed by atoms with Crippen molar-refractivity contribution in [1.82, 2.24) is 16.1 Å². The van der Waals surface area contributed by atoms with E-state index < -0.39 is 6.17 Å². The minimum absolute atomic E-state index is 0.240. The topological polar surface area (TPSA) is 110 Å². The summed E-state index contributed by atoms with van der Waals surface area (Å²) >= 11 is 0. The second-order valence-electron chi connectivity index (χ2n) is 6.18. The molecule has 2 aliphatic rings. The van der Waals surface area contributed by atoms with Gasteiger partial charge >= 0.3 is 0 Å². The minimum Gasteiger partial charge on any atom is -0.359 e. The first kappa shape index (κ1) is 16.5. The molecule has 0 aromatic heterocycles. The zero-order chi connectivity index (χ0) is 18.1. The van der Waals surface area contributed by atoms with Gasteiger partial charge in [0.15, 0.2) is 0 Å². The van der Waals surface area contributed by atoms with E-state index in [-0.39, 0.29) is 11.5 Å². The number of fused-ring (bicyclic) bond motifs is 1. The molecule has 0 saturated carbocycles. The van der Waals surface area contributed by atoms with Crippen LogP contribution in [0.5, 0.6) is 0 Å². The summed E-state index contributed by atoms with van der Waals surface area (Å²) in [6.45, 7) is 1.23. The van der Waals surface area contributed by atoms with Crippen LogP contribution in [0.2, 0.25) is 0 Å². The van der Waals surface area contributed by atoms with E-state index in [1.165, 1.54) is 12.1 Å². The highest BCUT2D eigenvalue weighted by molar-refractivity contribution is 6.12. The van der Waals surface area contributed by atoms with Crippen molar-refractivity contribution in [3.05, 3.63) is 70.8 Å². The highest BCUT2D eigenvalue weighted by Crippen LogP contribution is 2.25. The average Bonchev–Trinajstić information content (AvgIpc) is 3.10. The number of hydrazine groups is 1. The number of benzene rings is 2. The van der Waals surface area contributed by atoms with Crippen LogP contribution in [-0.4, -0.2) is 18.5 Å². The Morgan fingerprint density at radius 1 is 1.19 bits per heavy atom. The maximum Gasteiger partial charge on any atom is 0.123 e. The van der Waals surface area contributed by atoms with Crippen LogP contribution in [0.4, 0.5) is 15.8 Å². The molecule has 2 aromatic rings. The molecule has 134 valence electrons. The zero-order valence-electron chi connectivity index (χ0n) is 14.0. The van der Waals surface area contributed by atoms with Crippen LogP contribution in [0.15, 0.2) is 53.9 Å². The standard InChI is InChI=1S/C18H20FN7/c19-12-3-1-10(2-4-12)16(20)15-17(21)22-9-23-18(15)25-13-5-6-14-11(7-13)8-24-26-14/h1-7,17,20,22-26H,8-9,21H2. The Labute approximate surface area is 150 Å². The summed E-state index contributed by atoms with van der Waals surface area (Å²) in [4.78, 5) is 0. The highest BCUT2D eigenvalue weighted by Gasteiger charge is 2.24. The first-order chi connectivity index (χ1) is 12.6. The molecule has 0 bridgehead atoms. The number of nitrogens with two attached hydrogens (primary N) is 1. The van der Waals surface area contributed by atoms with Crippen molar-refractivity contribution in [2.45, 2.75) is 12.7 Å². The molecule has 2 heterocycles. The Morgan fingerprint density at radius 2 is 2.00 bits per heavy atom. The van der Waals surface area contributed by atoms with Gasteiger partial charge in [0.05, 0.1) is 24.2 Å². The van der Waals surface area contributed by atoms with E-state index in [0.717, 1.165) is 23.5 Å². The van der Waals surface area contributed by atoms with Crippen LogP contribution in [-0.2, 0) is 6.54 Å². The predicted octanol–water partition coefficient (Wildman–Crippen LogP) is 1.38. The molecule has 1 unspecified atom stereocenters. The third-order valence-corrected chi connectivity index (χ3v) is 4.45. The molecule has 0 saturated heterocycles. The molecule has 2 aliphatic heterocycles. The van der Waals surface area contributed by atoms with E-state index in [4.69, 9.17) is 11.1 Å². The summed E-state index contributed by atoms with van der Waals surface area (Å²) < 4.78 is 13.2. The van der Waals surface area contributed by atoms with Crippen molar-refractivity contribution >= 4 is 17.1 Å². The Hall–Kier alpha value is -2.94. The SMILES string of the molecule is N=C(C1=C(Nc2ccc3c(c2)CNN3)NCNC1N)c1ccc(F)cc1. The quantitative estimate of drug-likeness (QED) is 0.419. The molecule has 7 nitrogen and oxygen atoms in total. The van der Waals surface area contributed by atoms with Crippen molar-refractivity contribution in [1.29, 1.82) is 5.41 Å². The Balaban J connectivity index is 1.67. The van der Waals surface area contributed by atoms with Crippen LogP contribution >= 0.6 is 0 Å². The van der Waals surface area contributed by atoms with Gasteiger partial charge < -0.3 is 21.8 Å². The van der Waals surface area contributed by atoms with Crippen molar-refractivity contribution in [2.24, 2.45) is 5.73 Å². The molecule has 4 rings (SSSR count). The molecular weight excluding hydrogens is 333 g/mol. The van der Waals surface area contributed by atoms with Gasteiger partial charge in [0, 0.05) is 23.4 Å². The first-order valence-electron chi connectivity index (χ1n) is 8.32. The maximum absolute atomic E-state index is 13.2. The molecule has 0 radical (unpaired) electrons. The van der Waals surface area contributed by atoms with Crippen molar-refractivity contribution in [2.75, 3.05) is 17.4 Å². The largest absolute Gasteiger partial charge is 0.359 e. The van der Waals surface area contributed by atoms with Gasteiger partial charge in [0.1, 0.15) is 11.6 Å². The van der Waals surface area contributed by atoms with Gasteiger partial charge in [-0.05, 0) is 48.0 Å². The van der Waals surface area contributed by atoms with E-state index in [0.29, 0.717) is 23.6 Å². The lowest BCUT2D eigenvalue weighted by molar-refractivity contribution is 0.528. The molecule has 1 atom stereocenters. The summed E-state index contributed by atoms with van der Waals surface area (Å²) in [6.07, 6.45) is -0.505. The van der Waals surface area contributed by atoms with Crippen LogP contribution in [0.1, 0.15) is 11.1 Å². The van der Waals surface area contributed by atoms with Gasteiger partial charge in [-0.1, -0.05) is 0 Å². The molecule has 2 aromatic carbocycles. The lowest BCUT2D eigenvalue weighted by Crippen LogP contribution is -2.52. The summed E-state index contributed by atoms with van der Waals surface area (Å²) in [7, 11) is 0. The summed E-state index contributed by atoms with van der Waals surface area (Å²) in [6, 6.07) is 11.8. The van der Waals surface area contributed by atoms with Gasteiger partial charge in [0.25, 0.3) is 0 Å². The van der Waals surface area contributed by atoms with Gasteiger partial charge in [-0.2, -0.15) is 0 Å².